The molecule has 0 fully saturated rings. The molecule has 0 radical (unpaired) electrons. The van der Waals surface area contributed by atoms with E-state index in [4.69, 9.17) is 0 Å². The minimum Gasteiger partial charge on any atom is -0.299 e. The third kappa shape index (κ3) is 5.45. The van der Waals surface area contributed by atoms with Crippen LogP contribution in [0.15, 0.2) is 11.6 Å². The summed E-state index contributed by atoms with van der Waals surface area (Å²) in [5.41, 5.74) is 1.39. The maximum absolute atomic E-state index is 3.46. The molecule has 0 aliphatic rings. The molecule has 0 aliphatic carbocycles. The zero-order chi connectivity index (χ0) is 8.85. The lowest BCUT2D eigenvalue weighted by molar-refractivity contribution is 0.308. The molecule has 0 aliphatic heterocycles. The number of hydrogen-bond donors (Lipinski definition) is 0. The van der Waals surface area contributed by atoms with Gasteiger partial charge in [0.05, 0.1) is 0 Å². The van der Waals surface area contributed by atoms with E-state index in [1.807, 2.05) is 0 Å². The van der Waals surface area contributed by atoms with Crippen molar-refractivity contribution in [1.82, 2.24) is 4.90 Å². The molecule has 0 rings (SSSR count). The summed E-state index contributed by atoms with van der Waals surface area (Å²) in [4.78, 5) is 2.32. The monoisotopic (exact) mass is 219 g/mol. The van der Waals surface area contributed by atoms with Crippen molar-refractivity contribution in [2.45, 2.75) is 26.8 Å². The van der Waals surface area contributed by atoms with Gasteiger partial charge in [-0.15, -0.1) is 0 Å². The fraction of sp³-hybridized carbons (Fsp3) is 0.778. The molecule has 1 atom stereocenters. The molecule has 0 saturated carbocycles. The van der Waals surface area contributed by atoms with Crippen LogP contribution in [0.25, 0.3) is 0 Å². The predicted octanol–water partition coefficient (Wildman–Crippen LogP) is 2.67. The Balaban J connectivity index is 3.68. The van der Waals surface area contributed by atoms with Crippen molar-refractivity contribution >= 4 is 15.9 Å². The van der Waals surface area contributed by atoms with Crippen LogP contribution in [-0.4, -0.2) is 29.9 Å². The van der Waals surface area contributed by atoms with Gasteiger partial charge in [0.2, 0.25) is 0 Å². The van der Waals surface area contributed by atoms with E-state index in [1.165, 1.54) is 5.57 Å². The molecule has 11 heavy (non-hydrogen) atoms. The van der Waals surface area contributed by atoms with E-state index in [0.717, 1.165) is 11.9 Å². The van der Waals surface area contributed by atoms with E-state index in [9.17, 15) is 0 Å². The van der Waals surface area contributed by atoms with Gasteiger partial charge in [-0.3, -0.25) is 4.90 Å². The second-order valence-electron chi connectivity index (χ2n) is 3.22. The molecular weight excluding hydrogens is 202 g/mol. The summed E-state index contributed by atoms with van der Waals surface area (Å²) in [6, 6.07) is 0.616. The van der Waals surface area contributed by atoms with E-state index in [-0.39, 0.29) is 0 Å². The van der Waals surface area contributed by atoms with Crippen molar-refractivity contribution in [3.05, 3.63) is 11.6 Å². The van der Waals surface area contributed by atoms with Crippen LogP contribution in [0.5, 0.6) is 0 Å². The first-order chi connectivity index (χ1) is 5.07. The highest BCUT2D eigenvalue weighted by Gasteiger charge is 2.04. The molecule has 66 valence electrons. The Morgan fingerprint density at radius 3 is 2.45 bits per heavy atom. The average Bonchev–Trinajstić information content (AvgIpc) is 1.98. The Kier molecular flexibility index (Phi) is 5.88. The fourth-order valence-electron chi connectivity index (χ4n) is 0.624. The van der Waals surface area contributed by atoms with Gasteiger partial charge in [-0.25, -0.2) is 0 Å². The summed E-state index contributed by atoms with van der Waals surface area (Å²) in [5.74, 6) is 0. The highest BCUT2D eigenvalue weighted by Crippen LogP contribution is 2.00. The van der Waals surface area contributed by atoms with Gasteiger partial charge in [-0.2, -0.15) is 0 Å². The van der Waals surface area contributed by atoms with Crippen LogP contribution in [0.1, 0.15) is 20.8 Å². The number of likely N-dealkylation sites (N-methyl/N-ethyl adjacent to an activating group) is 1. The summed E-state index contributed by atoms with van der Waals surface area (Å²) < 4.78 is 0. The third-order valence-corrected chi connectivity index (χ3v) is 2.70. The smallest absolute Gasteiger partial charge is 0.0185 e. The van der Waals surface area contributed by atoms with Crippen molar-refractivity contribution in [3.8, 4) is 0 Å². The summed E-state index contributed by atoms with van der Waals surface area (Å²) in [6.07, 6.45) is 2.25. The van der Waals surface area contributed by atoms with Gasteiger partial charge in [0.1, 0.15) is 0 Å². The van der Waals surface area contributed by atoms with Gasteiger partial charge in [0.15, 0.2) is 0 Å². The van der Waals surface area contributed by atoms with Crippen molar-refractivity contribution < 1.29 is 0 Å². The van der Waals surface area contributed by atoms with Gasteiger partial charge in [-0.05, 0) is 27.8 Å². The lowest BCUT2D eigenvalue weighted by Crippen LogP contribution is -2.30. The van der Waals surface area contributed by atoms with Crippen LogP contribution in [0, 0.1) is 0 Å². The van der Waals surface area contributed by atoms with Crippen LogP contribution in [0.2, 0.25) is 0 Å². The summed E-state index contributed by atoms with van der Waals surface area (Å²) in [7, 11) is 2.14. The molecule has 0 aromatic rings. The summed E-state index contributed by atoms with van der Waals surface area (Å²) >= 11 is 3.46. The van der Waals surface area contributed by atoms with Crippen molar-refractivity contribution in [2.75, 3.05) is 18.9 Å². The van der Waals surface area contributed by atoms with Gasteiger partial charge < -0.3 is 0 Å². The Labute approximate surface area is 78.6 Å². The standard InChI is InChI=1S/C9H18BrN/c1-8(2)5-6-11(4)9(3)7-10/h5,9H,6-7H2,1-4H3. The molecule has 0 bridgehead atoms. The van der Waals surface area contributed by atoms with Crippen LogP contribution < -0.4 is 0 Å². The quantitative estimate of drug-likeness (QED) is 0.520. The maximum atomic E-state index is 3.46. The van der Waals surface area contributed by atoms with Crippen molar-refractivity contribution in [3.63, 3.8) is 0 Å². The Morgan fingerprint density at radius 2 is 2.09 bits per heavy atom. The van der Waals surface area contributed by atoms with Gasteiger partial charge in [0, 0.05) is 17.9 Å². The molecule has 1 unspecified atom stereocenters. The lowest BCUT2D eigenvalue weighted by Gasteiger charge is -2.21. The number of hydrogen-bond acceptors (Lipinski definition) is 1. The first-order valence-electron chi connectivity index (χ1n) is 3.97. The zero-order valence-electron chi connectivity index (χ0n) is 7.89. The Bertz CT molecular complexity index is 128. The molecule has 0 amide bonds. The summed E-state index contributed by atoms with van der Waals surface area (Å²) in [6.45, 7) is 7.53. The maximum Gasteiger partial charge on any atom is 0.0185 e. The SMILES string of the molecule is CC(C)=CCN(C)C(C)CBr. The van der Waals surface area contributed by atoms with Crippen LogP contribution in [-0.2, 0) is 0 Å². The molecular formula is C9H18BrN. The highest BCUT2D eigenvalue weighted by atomic mass is 79.9. The van der Waals surface area contributed by atoms with E-state index in [2.05, 4.69) is 54.7 Å². The van der Waals surface area contributed by atoms with Crippen LogP contribution in [0.4, 0.5) is 0 Å². The number of allylic oxidation sites excluding steroid dienone is 1. The molecule has 0 aromatic carbocycles. The first-order valence-corrected chi connectivity index (χ1v) is 5.09. The third-order valence-electron chi connectivity index (χ3n) is 1.76. The molecule has 2 heteroatoms. The number of alkyl halides is 1. The van der Waals surface area contributed by atoms with Gasteiger partial charge in [0.25, 0.3) is 0 Å². The Hall–Kier alpha value is 0.180. The lowest BCUT2D eigenvalue weighted by atomic mass is 10.3. The van der Waals surface area contributed by atoms with Crippen LogP contribution >= 0.6 is 15.9 Å². The van der Waals surface area contributed by atoms with E-state index >= 15 is 0 Å². The topological polar surface area (TPSA) is 3.24 Å². The summed E-state index contributed by atoms with van der Waals surface area (Å²) in [5, 5.41) is 1.04. The largest absolute Gasteiger partial charge is 0.299 e. The van der Waals surface area contributed by atoms with Crippen LogP contribution in [0.3, 0.4) is 0 Å². The first kappa shape index (κ1) is 11.2. The predicted molar refractivity (Wildman–Crippen MR) is 55.3 cm³/mol. The Morgan fingerprint density at radius 1 is 1.55 bits per heavy atom. The minimum absolute atomic E-state index is 0.616. The van der Waals surface area contributed by atoms with Crippen molar-refractivity contribution in [1.29, 1.82) is 0 Å². The van der Waals surface area contributed by atoms with E-state index < -0.39 is 0 Å². The minimum atomic E-state index is 0.616. The second kappa shape index (κ2) is 5.78. The zero-order valence-corrected chi connectivity index (χ0v) is 9.48. The average molecular weight is 220 g/mol. The molecule has 0 aromatic heterocycles. The van der Waals surface area contributed by atoms with Crippen molar-refractivity contribution in [2.24, 2.45) is 0 Å². The molecule has 0 spiro atoms. The van der Waals surface area contributed by atoms with E-state index in [1.54, 1.807) is 0 Å². The molecule has 0 saturated heterocycles. The number of rotatable bonds is 4. The second-order valence-corrected chi connectivity index (χ2v) is 3.87. The molecule has 0 heterocycles. The normalized spacial score (nSPS) is 13.3. The number of nitrogens with zero attached hydrogens (tertiary/aromatic N) is 1. The molecule has 1 nitrogen and oxygen atoms in total. The fourth-order valence-corrected chi connectivity index (χ4v) is 1.12. The van der Waals surface area contributed by atoms with Gasteiger partial charge >= 0.3 is 0 Å². The molecule has 0 N–H and O–H groups in total. The van der Waals surface area contributed by atoms with Gasteiger partial charge in [-0.1, -0.05) is 27.6 Å². The van der Waals surface area contributed by atoms with E-state index in [0.29, 0.717) is 6.04 Å². The number of halogens is 1. The highest BCUT2D eigenvalue weighted by molar-refractivity contribution is 9.09.